The maximum atomic E-state index is 13.0. The molecule has 1 atom stereocenters. The first kappa shape index (κ1) is 18.1. The molecule has 1 aromatic heterocycles. The van der Waals surface area contributed by atoms with Gasteiger partial charge in [0.05, 0.1) is 18.1 Å². The number of thioether (sulfide) groups is 1. The highest BCUT2D eigenvalue weighted by atomic mass is 32.2. The van der Waals surface area contributed by atoms with Gasteiger partial charge in [0.25, 0.3) is 0 Å². The fourth-order valence-corrected chi connectivity index (χ4v) is 3.89. The largest absolute Gasteiger partial charge is 0.497 e. The second-order valence-electron chi connectivity index (χ2n) is 6.19. The van der Waals surface area contributed by atoms with Crippen molar-refractivity contribution in [1.29, 1.82) is 0 Å². The molecule has 4 rings (SSSR count). The van der Waals surface area contributed by atoms with E-state index in [0.717, 1.165) is 28.0 Å². The predicted molar refractivity (Wildman–Crippen MR) is 113 cm³/mol. The van der Waals surface area contributed by atoms with E-state index in [1.165, 1.54) is 11.8 Å². The van der Waals surface area contributed by atoms with Crippen molar-refractivity contribution in [1.82, 2.24) is 9.97 Å². The van der Waals surface area contributed by atoms with Crippen molar-refractivity contribution in [3.63, 3.8) is 0 Å². The number of imidazole rings is 1. The Kier molecular flexibility index (Phi) is 5.30. The lowest BCUT2D eigenvalue weighted by atomic mass is 10.1. The van der Waals surface area contributed by atoms with Gasteiger partial charge in [-0.05, 0) is 29.8 Å². The van der Waals surface area contributed by atoms with Crippen LogP contribution in [0.2, 0.25) is 0 Å². The maximum Gasteiger partial charge on any atom is 0.242 e. The Morgan fingerprint density at radius 1 is 1.04 bits per heavy atom. The predicted octanol–water partition coefficient (Wildman–Crippen LogP) is 5.04. The molecule has 2 N–H and O–H groups in total. The van der Waals surface area contributed by atoms with Gasteiger partial charge >= 0.3 is 0 Å². The summed E-state index contributed by atoms with van der Waals surface area (Å²) in [6.07, 6.45) is 0. The van der Waals surface area contributed by atoms with Crippen LogP contribution in [-0.4, -0.2) is 23.0 Å². The molecule has 1 amide bonds. The van der Waals surface area contributed by atoms with Gasteiger partial charge in [-0.3, -0.25) is 4.79 Å². The van der Waals surface area contributed by atoms with Crippen molar-refractivity contribution in [3.8, 4) is 5.75 Å². The van der Waals surface area contributed by atoms with E-state index in [-0.39, 0.29) is 5.91 Å². The van der Waals surface area contributed by atoms with Crippen molar-refractivity contribution in [3.05, 3.63) is 84.4 Å². The molecule has 0 spiro atoms. The van der Waals surface area contributed by atoms with Crippen LogP contribution < -0.4 is 10.1 Å². The van der Waals surface area contributed by atoms with Gasteiger partial charge in [0.15, 0.2) is 5.16 Å². The molecule has 140 valence electrons. The second-order valence-corrected chi connectivity index (χ2v) is 7.28. The van der Waals surface area contributed by atoms with E-state index in [1.54, 1.807) is 7.11 Å². The Morgan fingerprint density at radius 3 is 2.46 bits per heavy atom. The number of fused-ring (bicyclic) bond motifs is 1. The summed E-state index contributed by atoms with van der Waals surface area (Å²) in [5.74, 6) is 0.662. The van der Waals surface area contributed by atoms with E-state index >= 15 is 0 Å². The zero-order valence-corrected chi connectivity index (χ0v) is 16.1. The van der Waals surface area contributed by atoms with Crippen LogP contribution in [0, 0.1) is 0 Å². The van der Waals surface area contributed by atoms with Gasteiger partial charge in [0, 0.05) is 11.8 Å². The number of nitrogens with zero attached hydrogens (tertiary/aromatic N) is 1. The third-order valence-electron chi connectivity index (χ3n) is 4.28. The summed E-state index contributed by atoms with van der Waals surface area (Å²) in [7, 11) is 1.63. The van der Waals surface area contributed by atoms with Crippen molar-refractivity contribution < 1.29 is 9.53 Å². The molecule has 0 fully saturated rings. The molecular weight excluding hydrogens is 370 g/mol. The number of aromatic nitrogens is 2. The van der Waals surface area contributed by atoms with Crippen LogP contribution in [0.25, 0.3) is 11.0 Å². The number of hydrogen-bond donors (Lipinski definition) is 2. The first-order chi connectivity index (χ1) is 13.7. The summed E-state index contributed by atoms with van der Waals surface area (Å²) in [6.45, 7) is 0. The highest BCUT2D eigenvalue weighted by Gasteiger charge is 2.23. The Labute approximate surface area is 167 Å². The molecule has 3 aromatic carbocycles. The fraction of sp³-hybridized carbons (Fsp3) is 0.0909. The summed E-state index contributed by atoms with van der Waals surface area (Å²) in [6, 6.07) is 24.8. The minimum absolute atomic E-state index is 0.0968. The molecule has 0 saturated heterocycles. The zero-order valence-electron chi connectivity index (χ0n) is 15.3. The molecule has 0 bridgehead atoms. The topological polar surface area (TPSA) is 67.0 Å². The molecule has 5 nitrogen and oxygen atoms in total. The van der Waals surface area contributed by atoms with E-state index in [0.29, 0.717) is 5.16 Å². The zero-order chi connectivity index (χ0) is 19.3. The highest BCUT2D eigenvalue weighted by molar-refractivity contribution is 8.00. The maximum absolute atomic E-state index is 13.0. The van der Waals surface area contributed by atoms with Crippen molar-refractivity contribution in [2.75, 3.05) is 12.4 Å². The number of carbonyl (C=O) groups is 1. The third-order valence-corrected chi connectivity index (χ3v) is 5.42. The fourth-order valence-electron chi connectivity index (χ4n) is 2.89. The van der Waals surface area contributed by atoms with E-state index in [1.807, 2.05) is 78.9 Å². The number of methoxy groups -OCH3 is 1. The standard InChI is InChI=1S/C22H19N3O2S/c1-27-17-12-13-18-19(14-17)25-22(24-18)28-20(15-8-4-2-5-9-15)21(26)23-16-10-6-3-7-11-16/h2-14,20H,1H3,(H,23,26)(H,24,25). The lowest BCUT2D eigenvalue weighted by Crippen LogP contribution is -2.19. The molecule has 0 aliphatic heterocycles. The van der Waals surface area contributed by atoms with Crippen LogP contribution in [0.4, 0.5) is 5.69 Å². The van der Waals surface area contributed by atoms with E-state index in [9.17, 15) is 4.79 Å². The van der Waals surface area contributed by atoms with Gasteiger partial charge in [-0.25, -0.2) is 4.98 Å². The average Bonchev–Trinajstić information content (AvgIpc) is 3.15. The van der Waals surface area contributed by atoms with Crippen LogP contribution in [0.5, 0.6) is 5.75 Å². The van der Waals surface area contributed by atoms with E-state index in [2.05, 4.69) is 15.3 Å². The number of benzene rings is 3. The number of rotatable bonds is 6. The average molecular weight is 389 g/mol. The van der Waals surface area contributed by atoms with Crippen molar-refractivity contribution in [2.45, 2.75) is 10.4 Å². The minimum atomic E-state index is -0.441. The number of ether oxygens (including phenoxy) is 1. The normalized spacial score (nSPS) is 11.9. The Bertz CT molecular complexity index is 1080. The first-order valence-corrected chi connectivity index (χ1v) is 9.72. The number of para-hydroxylation sites is 1. The minimum Gasteiger partial charge on any atom is -0.497 e. The molecule has 0 aliphatic carbocycles. The molecule has 0 saturated carbocycles. The van der Waals surface area contributed by atoms with Gasteiger partial charge in [0.2, 0.25) is 5.91 Å². The molecule has 1 heterocycles. The lowest BCUT2D eigenvalue weighted by Gasteiger charge is -2.15. The lowest BCUT2D eigenvalue weighted by molar-refractivity contribution is -0.115. The molecule has 6 heteroatoms. The highest BCUT2D eigenvalue weighted by Crippen LogP contribution is 2.36. The Morgan fingerprint density at radius 2 is 1.75 bits per heavy atom. The van der Waals surface area contributed by atoms with Crippen LogP contribution in [0.15, 0.2) is 84.0 Å². The molecular formula is C22H19N3O2S. The molecule has 0 aliphatic rings. The Hall–Kier alpha value is -3.25. The van der Waals surface area contributed by atoms with Gasteiger partial charge in [-0.15, -0.1) is 0 Å². The van der Waals surface area contributed by atoms with Gasteiger partial charge < -0.3 is 15.0 Å². The van der Waals surface area contributed by atoms with Crippen LogP contribution in [0.3, 0.4) is 0 Å². The quantitative estimate of drug-likeness (QED) is 0.453. The summed E-state index contributed by atoms with van der Waals surface area (Å²) in [5.41, 5.74) is 3.39. The number of anilines is 1. The SMILES string of the molecule is COc1ccc2nc(SC(C(=O)Nc3ccccc3)c3ccccc3)[nH]c2c1. The van der Waals surface area contributed by atoms with Gasteiger partial charge in [-0.1, -0.05) is 60.3 Å². The van der Waals surface area contributed by atoms with Gasteiger partial charge in [-0.2, -0.15) is 0 Å². The van der Waals surface area contributed by atoms with Gasteiger partial charge in [0.1, 0.15) is 11.0 Å². The summed E-state index contributed by atoms with van der Waals surface area (Å²) in [5, 5.41) is 3.23. The Balaban J connectivity index is 1.63. The van der Waals surface area contributed by atoms with Crippen molar-refractivity contribution >= 4 is 34.4 Å². The van der Waals surface area contributed by atoms with E-state index < -0.39 is 5.25 Å². The second kappa shape index (κ2) is 8.19. The number of nitrogens with one attached hydrogen (secondary N) is 2. The number of hydrogen-bond acceptors (Lipinski definition) is 4. The van der Waals surface area contributed by atoms with Crippen molar-refractivity contribution in [2.24, 2.45) is 0 Å². The number of carbonyl (C=O) groups excluding carboxylic acids is 1. The first-order valence-electron chi connectivity index (χ1n) is 8.84. The summed E-state index contributed by atoms with van der Waals surface area (Å²) in [4.78, 5) is 20.9. The van der Waals surface area contributed by atoms with Crippen LogP contribution in [-0.2, 0) is 4.79 Å². The molecule has 4 aromatic rings. The van der Waals surface area contributed by atoms with Crippen LogP contribution >= 0.6 is 11.8 Å². The van der Waals surface area contributed by atoms with Crippen LogP contribution in [0.1, 0.15) is 10.8 Å². The summed E-state index contributed by atoms with van der Waals surface area (Å²) >= 11 is 1.39. The monoisotopic (exact) mass is 389 g/mol. The number of amides is 1. The van der Waals surface area contributed by atoms with E-state index in [4.69, 9.17) is 4.74 Å². The summed E-state index contributed by atoms with van der Waals surface area (Å²) < 4.78 is 5.27. The number of aromatic amines is 1. The molecule has 1 unspecified atom stereocenters. The number of H-pyrrole nitrogens is 1. The smallest absolute Gasteiger partial charge is 0.242 e. The third kappa shape index (κ3) is 4.02. The molecule has 0 radical (unpaired) electrons. The molecule has 28 heavy (non-hydrogen) atoms.